The third-order valence-corrected chi connectivity index (χ3v) is 7.96. The molecule has 0 aromatic heterocycles. The van der Waals surface area contributed by atoms with Crippen molar-refractivity contribution >= 4 is 7.26 Å². The summed E-state index contributed by atoms with van der Waals surface area (Å²) in [5.41, 5.74) is 0. The van der Waals surface area contributed by atoms with Crippen molar-refractivity contribution < 1.29 is 0 Å². The second-order valence-electron chi connectivity index (χ2n) is 3.69. The van der Waals surface area contributed by atoms with E-state index in [4.69, 9.17) is 0 Å². The van der Waals surface area contributed by atoms with Gasteiger partial charge in [-0.25, -0.2) is 0 Å². The summed E-state index contributed by atoms with van der Waals surface area (Å²) >= 11 is 0. The molecule has 1 aliphatic rings. The van der Waals surface area contributed by atoms with Gasteiger partial charge in [-0.05, 0) is 0 Å². The van der Waals surface area contributed by atoms with Crippen LogP contribution in [-0.2, 0) is 0 Å². The predicted molar refractivity (Wildman–Crippen MR) is 57.4 cm³/mol. The molecule has 1 heterocycles. The first-order chi connectivity index (χ1) is 5.33. The van der Waals surface area contributed by atoms with Gasteiger partial charge in [0.25, 0.3) is 0 Å². The van der Waals surface area contributed by atoms with E-state index in [1.54, 1.807) is 0 Å². The third kappa shape index (κ3) is 2.17. The van der Waals surface area contributed by atoms with Gasteiger partial charge in [0, 0.05) is 0 Å². The first-order valence-electron chi connectivity index (χ1n) is 4.55. The van der Waals surface area contributed by atoms with Crippen LogP contribution in [0.3, 0.4) is 0 Å². The van der Waals surface area contributed by atoms with Crippen LogP contribution in [0.25, 0.3) is 0 Å². The Bertz CT molecular complexity index is 131. The van der Waals surface area contributed by atoms with Crippen LogP contribution in [0.5, 0.6) is 0 Å². The van der Waals surface area contributed by atoms with Crippen molar-refractivity contribution in [2.75, 3.05) is 24.6 Å². The van der Waals surface area contributed by atoms with Crippen molar-refractivity contribution in [2.45, 2.75) is 12.8 Å². The van der Waals surface area contributed by atoms with Gasteiger partial charge in [-0.3, -0.25) is 0 Å². The molecule has 0 N–H and O–H groups in total. The van der Waals surface area contributed by atoms with Crippen LogP contribution in [0.1, 0.15) is 12.8 Å². The van der Waals surface area contributed by atoms with Crippen LogP contribution in [0.15, 0.2) is 25.3 Å². The van der Waals surface area contributed by atoms with Gasteiger partial charge in [0.2, 0.25) is 0 Å². The van der Waals surface area contributed by atoms with Gasteiger partial charge in [-0.1, -0.05) is 0 Å². The SMILES string of the molecule is C=CC[PH]1(CC=C)CCCC1. The molecule has 1 saturated heterocycles. The summed E-state index contributed by atoms with van der Waals surface area (Å²) in [6.45, 7) is 7.70. The number of rotatable bonds is 4. The van der Waals surface area contributed by atoms with E-state index < -0.39 is 7.26 Å². The number of hydrogen-bond acceptors (Lipinski definition) is 0. The van der Waals surface area contributed by atoms with E-state index in [0.29, 0.717) is 0 Å². The number of hydrogen-bond donors (Lipinski definition) is 0. The van der Waals surface area contributed by atoms with E-state index in [-0.39, 0.29) is 0 Å². The van der Waals surface area contributed by atoms with E-state index in [1.807, 2.05) is 0 Å². The Morgan fingerprint density at radius 3 is 1.82 bits per heavy atom. The molecule has 1 rings (SSSR count). The molecular formula is C10H19P. The van der Waals surface area contributed by atoms with E-state index >= 15 is 0 Å². The van der Waals surface area contributed by atoms with Gasteiger partial charge >= 0.3 is 70.1 Å². The van der Waals surface area contributed by atoms with Crippen molar-refractivity contribution in [1.82, 2.24) is 0 Å². The standard InChI is InChI=1S/C10H19P/c1-3-7-11(8-4-2)9-5-6-10-11/h3-4,11H,1-2,5-10H2. The Labute approximate surface area is 70.7 Å². The molecule has 0 aromatic rings. The molecule has 64 valence electrons. The third-order valence-electron chi connectivity index (χ3n) is 2.82. The predicted octanol–water partition coefficient (Wildman–Crippen LogP) is 2.90. The second kappa shape index (κ2) is 4.07. The van der Waals surface area contributed by atoms with Crippen LogP contribution in [0.4, 0.5) is 0 Å². The average Bonchev–Trinajstić information content (AvgIpc) is 2.39. The topological polar surface area (TPSA) is 0 Å². The minimum atomic E-state index is -0.868. The summed E-state index contributed by atoms with van der Waals surface area (Å²) < 4.78 is 0. The van der Waals surface area contributed by atoms with Crippen molar-refractivity contribution in [2.24, 2.45) is 0 Å². The quantitative estimate of drug-likeness (QED) is 0.449. The first kappa shape index (κ1) is 9.00. The Balaban J connectivity index is 2.53. The Morgan fingerprint density at radius 1 is 1.00 bits per heavy atom. The monoisotopic (exact) mass is 170 g/mol. The molecule has 0 radical (unpaired) electrons. The fourth-order valence-corrected chi connectivity index (χ4v) is 6.69. The molecule has 0 unspecified atom stereocenters. The average molecular weight is 170 g/mol. The summed E-state index contributed by atoms with van der Waals surface area (Å²) in [5, 5.41) is 0. The van der Waals surface area contributed by atoms with Crippen molar-refractivity contribution in [3.63, 3.8) is 0 Å². The van der Waals surface area contributed by atoms with E-state index in [1.165, 1.54) is 37.5 Å². The van der Waals surface area contributed by atoms with Crippen molar-refractivity contribution in [3.05, 3.63) is 25.3 Å². The van der Waals surface area contributed by atoms with Gasteiger partial charge < -0.3 is 0 Å². The Morgan fingerprint density at radius 2 is 1.45 bits per heavy atom. The van der Waals surface area contributed by atoms with Gasteiger partial charge in [0.1, 0.15) is 0 Å². The van der Waals surface area contributed by atoms with Crippen molar-refractivity contribution in [1.29, 1.82) is 0 Å². The fraction of sp³-hybridized carbons (Fsp3) is 0.600. The summed E-state index contributed by atoms with van der Waals surface area (Å²) in [5.74, 6) is 0. The molecule has 0 nitrogen and oxygen atoms in total. The molecule has 1 aliphatic heterocycles. The molecule has 0 aromatic carbocycles. The number of allylic oxidation sites excluding steroid dienone is 2. The van der Waals surface area contributed by atoms with Crippen LogP contribution in [0.2, 0.25) is 0 Å². The van der Waals surface area contributed by atoms with Crippen molar-refractivity contribution in [3.8, 4) is 0 Å². The maximum absolute atomic E-state index is 3.85. The second-order valence-corrected chi connectivity index (χ2v) is 8.51. The molecule has 11 heavy (non-hydrogen) atoms. The van der Waals surface area contributed by atoms with Gasteiger partial charge in [-0.15, -0.1) is 0 Å². The fourth-order valence-electron chi connectivity index (χ4n) is 2.23. The zero-order valence-corrected chi connectivity index (χ0v) is 8.31. The molecular weight excluding hydrogens is 151 g/mol. The van der Waals surface area contributed by atoms with Crippen LogP contribution in [0, 0.1) is 0 Å². The summed E-state index contributed by atoms with van der Waals surface area (Å²) in [7, 11) is -0.868. The van der Waals surface area contributed by atoms with Gasteiger partial charge in [-0.2, -0.15) is 0 Å². The summed E-state index contributed by atoms with van der Waals surface area (Å²) in [4.78, 5) is 0. The maximum atomic E-state index is 3.85. The van der Waals surface area contributed by atoms with Gasteiger partial charge in [0.15, 0.2) is 0 Å². The van der Waals surface area contributed by atoms with Crippen LogP contribution in [-0.4, -0.2) is 24.6 Å². The Kier molecular flexibility index (Phi) is 3.33. The summed E-state index contributed by atoms with van der Waals surface area (Å²) in [6, 6.07) is 0. The van der Waals surface area contributed by atoms with Crippen LogP contribution >= 0.6 is 7.26 Å². The van der Waals surface area contributed by atoms with Crippen LogP contribution < -0.4 is 0 Å². The molecule has 1 fully saturated rings. The molecule has 1 heteroatoms. The molecule has 0 amide bonds. The zero-order chi connectivity index (χ0) is 8.16. The first-order valence-corrected chi connectivity index (χ1v) is 7.38. The molecule has 0 aliphatic carbocycles. The zero-order valence-electron chi connectivity index (χ0n) is 7.31. The molecule has 0 spiro atoms. The van der Waals surface area contributed by atoms with Gasteiger partial charge in [0.05, 0.1) is 0 Å². The molecule has 0 atom stereocenters. The van der Waals surface area contributed by atoms with E-state index in [9.17, 15) is 0 Å². The minimum absolute atomic E-state index is 0.868. The van der Waals surface area contributed by atoms with E-state index in [2.05, 4.69) is 25.3 Å². The molecule has 0 saturated carbocycles. The molecule has 0 bridgehead atoms. The Hall–Kier alpha value is -0.0900. The normalized spacial score (nSPS) is 24.4. The van der Waals surface area contributed by atoms with E-state index in [0.717, 1.165) is 0 Å². The summed E-state index contributed by atoms with van der Waals surface area (Å²) in [6.07, 6.45) is 12.9.